The van der Waals surface area contributed by atoms with Gasteiger partial charge in [-0.1, -0.05) is 12.1 Å². The number of piperazine rings is 1. The Labute approximate surface area is 144 Å². The van der Waals surface area contributed by atoms with Gasteiger partial charge >= 0.3 is 0 Å². The number of benzene rings is 1. The number of carbonyl (C=O) groups excluding carboxylic acids is 1. The van der Waals surface area contributed by atoms with Gasteiger partial charge in [0.15, 0.2) is 5.96 Å². The molecule has 6 nitrogen and oxygen atoms in total. The van der Waals surface area contributed by atoms with Gasteiger partial charge in [-0.25, -0.2) is 0 Å². The molecule has 0 saturated carbocycles. The predicted molar refractivity (Wildman–Crippen MR) is 96.2 cm³/mol. The summed E-state index contributed by atoms with van der Waals surface area (Å²) in [6.45, 7) is 8.45. The quantitative estimate of drug-likeness (QED) is 0.487. The molecule has 24 heavy (non-hydrogen) atoms. The molecule has 1 fully saturated rings. The second kappa shape index (κ2) is 9.15. The topological polar surface area (TPSA) is 68.2 Å². The Bertz CT molecular complexity index is 549. The van der Waals surface area contributed by atoms with Gasteiger partial charge in [0.2, 0.25) is 5.91 Å². The van der Waals surface area contributed by atoms with Gasteiger partial charge in [-0.15, -0.1) is 0 Å². The molecule has 6 heteroatoms. The van der Waals surface area contributed by atoms with Crippen molar-refractivity contribution in [2.75, 3.05) is 39.3 Å². The fourth-order valence-corrected chi connectivity index (χ4v) is 2.79. The van der Waals surface area contributed by atoms with Gasteiger partial charge in [0.05, 0.1) is 0 Å². The maximum atomic E-state index is 11.4. The molecule has 1 aromatic carbocycles. The third kappa shape index (κ3) is 5.44. The minimum atomic E-state index is 0.144. The number of amides is 1. The first-order valence-corrected chi connectivity index (χ1v) is 8.67. The molecule has 0 spiro atoms. The number of nitrogens with one attached hydrogen (secondary N) is 1. The molecule has 132 valence electrons. The van der Waals surface area contributed by atoms with Crippen LogP contribution in [0.4, 0.5) is 0 Å². The Morgan fingerprint density at radius 3 is 2.38 bits per heavy atom. The minimum Gasteiger partial charge on any atom is -0.508 e. The van der Waals surface area contributed by atoms with E-state index < -0.39 is 0 Å². The fraction of sp³-hybridized carbons (Fsp3) is 0.556. The van der Waals surface area contributed by atoms with Crippen LogP contribution >= 0.6 is 0 Å². The lowest BCUT2D eigenvalue weighted by molar-refractivity contribution is -0.130. The Morgan fingerprint density at radius 1 is 1.17 bits per heavy atom. The molecule has 1 saturated heterocycles. The van der Waals surface area contributed by atoms with Gasteiger partial charge in [0, 0.05) is 46.2 Å². The van der Waals surface area contributed by atoms with Crippen molar-refractivity contribution >= 4 is 11.9 Å². The van der Waals surface area contributed by atoms with Crippen molar-refractivity contribution in [3.05, 3.63) is 29.8 Å². The molecule has 1 amide bonds. The second-order valence-electron chi connectivity index (χ2n) is 6.00. The lowest BCUT2D eigenvalue weighted by Gasteiger charge is -2.36. The summed E-state index contributed by atoms with van der Waals surface area (Å²) in [7, 11) is 0. The number of aliphatic imine (C=N–C) groups is 1. The second-order valence-corrected chi connectivity index (χ2v) is 6.00. The van der Waals surface area contributed by atoms with Crippen LogP contribution in [0, 0.1) is 0 Å². The highest BCUT2D eigenvalue weighted by Crippen LogP contribution is 2.11. The van der Waals surface area contributed by atoms with Crippen LogP contribution < -0.4 is 5.32 Å². The van der Waals surface area contributed by atoms with Crippen LogP contribution in [0.1, 0.15) is 25.8 Å². The van der Waals surface area contributed by atoms with E-state index >= 15 is 0 Å². The van der Waals surface area contributed by atoms with Gasteiger partial charge in [-0.05, 0) is 37.5 Å². The molecule has 0 bridgehead atoms. The van der Waals surface area contributed by atoms with Gasteiger partial charge in [0.25, 0.3) is 0 Å². The summed E-state index contributed by atoms with van der Waals surface area (Å²) in [6.07, 6.45) is 1.91. The number of carbonyl (C=O) groups is 1. The summed E-state index contributed by atoms with van der Waals surface area (Å²) in [5.41, 5.74) is 1.21. The highest BCUT2D eigenvalue weighted by molar-refractivity contribution is 5.80. The number of guanidine groups is 1. The zero-order valence-electron chi connectivity index (χ0n) is 14.7. The molecule has 1 heterocycles. The monoisotopic (exact) mass is 332 g/mol. The van der Waals surface area contributed by atoms with Crippen LogP contribution in [-0.4, -0.2) is 66.0 Å². The van der Waals surface area contributed by atoms with Crippen molar-refractivity contribution in [2.24, 2.45) is 4.99 Å². The molecule has 0 aromatic heterocycles. The molecule has 1 aromatic rings. The molecule has 2 N–H and O–H groups in total. The average molecular weight is 332 g/mol. The van der Waals surface area contributed by atoms with E-state index in [9.17, 15) is 9.90 Å². The number of hydrogen-bond acceptors (Lipinski definition) is 3. The SMILES string of the molecule is CCNC(=NCCCc1ccc(O)cc1)N1CCN(C(C)=O)CC1. The molecule has 0 unspecified atom stereocenters. The summed E-state index contributed by atoms with van der Waals surface area (Å²) in [5.74, 6) is 1.38. The van der Waals surface area contributed by atoms with E-state index in [4.69, 9.17) is 4.99 Å². The molecule has 0 aliphatic carbocycles. The number of phenols is 1. The maximum absolute atomic E-state index is 11.4. The van der Waals surface area contributed by atoms with Gasteiger partial charge in [-0.2, -0.15) is 0 Å². The van der Waals surface area contributed by atoms with E-state index in [0.717, 1.165) is 58.1 Å². The van der Waals surface area contributed by atoms with Gasteiger partial charge < -0.3 is 20.2 Å². The lowest BCUT2D eigenvalue weighted by Crippen LogP contribution is -2.53. The molecular weight excluding hydrogens is 304 g/mol. The van der Waals surface area contributed by atoms with E-state index in [-0.39, 0.29) is 5.91 Å². The summed E-state index contributed by atoms with van der Waals surface area (Å²) in [6, 6.07) is 7.34. The fourth-order valence-electron chi connectivity index (χ4n) is 2.79. The molecule has 1 aliphatic rings. The number of hydrogen-bond donors (Lipinski definition) is 2. The van der Waals surface area contributed by atoms with E-state index in [0.29, 0.717) is 5.75 Å². The Morgan fingerprint density at radius 2 is 1.79 bits per heavy atom. The number of aryl methyl sites for hydroxylation is 1. The van der Waals surface area contributed by atoms with Crippen LogP contribution in [0.5, 0.6) is 5.75 Å². The molecule has 0 atom stereocenters. The molecule has 2 rings (SSSR count). The van der Waals surface area contributed by atoms with E-state index in [1.165, 1.54) is 5.56 Å². The normalized spacial score (nSPS) is 15.5. The first-order valence-electron chi connectivity index (χ1n) is 8.67. The Balaban J connectivity index is 1.82. The molecular formula is C18H28N4O2. The Kier molecular flexibility index (Phi) is 6.90. The highest BCUT2D eigenvalue weighted by Gasteiger charge is 2.20. The Hall–Kier alpha value is -2.24. The first-order chi connectivity index (χ1) is 11.6. The minimum absolute atomic E-state index is 0.144. The van der Waals surface area contributed by atoms with Crippen LogP contribution in [0.15, 0.2) is 29.3 Å². The van der Waals surface area contributed by atoms with Gasteiger partial charge in [-0.3, -0.25) is 9.79 Å². The van der Waals surface area contributed by atoms with Crippen molar-refractivity contribution in [3.8, 4) is 5.75 Å². The van der Waals surface area contributed by atoms with Crippen molar-refractivity contribution in [1.82, 2.24) is 15.1 Å². The first kappa shape index (κ1) is 18.1. The zero-order chi connectivity index (χ0) is 17.4. The zero-order valence-corrected chi connectivity index (χ0v) is 14.7. The lowest BCUT2D eigenvalue weighted by atomic mass is 10.1. The van der Waals surface area contributed by atoms with Crippen LogP contribution in [0.25, 0.3) is 0 Å². The van der Waals surface area contributed by atoms with Crippen molar-refractivity contribution in [3.63, 3.8) is 0 Å². The summed E-state index contributed by atoms with van der Waals surface area (Å²) in [5, 5.41) is 12.6. The van der Waals surface area contributed by atoms with E-state index in [1.807, 2.05) is 17.0 Å². The number of nitrogens with zero attached hydrogens (tertiary/aromatic N) is 3. The predicted octanol–water partition coefficient (Wildman–Crippen LogP) is 1.45. The largest absolute Gasteiger partial charge is 0.508 e. The average Bonchev–Trinajstić information content (AvgIpc) is 2.59. The van der Waals surface area contributed by atoms with Crippen molar-refractivity contribution in [1.29, 1.82) is 0 Å². The van der Waals surface area contributed by atoms with Crippen LogP contribution in [0.2, 0.25) is 0 Å². The highest BCUT2D eigenvalue weighted by atomic mass is 16.3. The molecule has 1 aliphatic heterocycles. The van der Waals surface area contributed by atoms with Crippen LogP contribution in [-0.2, 0) is 11.2 Å². The summed E-state index contributed by atoms with van der Waals surface area (Å²) >= 11 is 0. The third-order valence-corrected chi connectivity index (χ3v) is 4.18. The molecule has 0 radical (unpaired) electrons. The van der Waals surface area contributed by atoms with Crippen molar-refractivity contribution in [2.45, 2.75) is 26.7 Å². The number of aromatic hydroxyl groups is 1. The van der Waals surface area contributed by atoms with E-state index in [1.54, 1.807) is 19.1 Å². The number of phenolic OH excluding ortho intramolecular Hbond substituents is 1. The standard InChI is InChI=1S/C18H28N4O2/c1-3-19-18(22-13-11-21(12-14-22)15(2)23)20-10-4-5-16-6-8-17(24)9-7-16/h6-9,24H,3-5,10-14H2,1-2H3,(H,19,20). The summed E-state index contributed by atoms with van der Waals surface area (Å²) in [4.78, 5) is 20.2. The maximum Gasteiger partial charge on any atom is 0.219 e. The summed E-state index contributed by atoms with van der Waals surface area (Å²) < 4.78 is 0. The van der Waals surface area contributed by atoms with Crippen molar-refractivity contribution < 1.29 is 9.90 Å². The van der Waals surface area contributed by atoms with Gasteiger partial charge in [0.1, 0.15) is 5.75 Å². The smallest absolute Gasteiger partial charge is 0.219 e. The van der Waals surface area contributed by atoms with E-state index in [2.05, 4.69) is 17.1 Å². The number of rotatable bonds is 5. The van der Waals surface area contributed by atoms with Crippen LogP contribution in [0.3, 0.4) is 0 Å². The third-order valence-electron chi connectivity index (χ3n) is 4.18.